The molecule has 0 aliphatic rings. The first-order valence-electron chi connectivity index (χ1n) is 8.55. The average molecular weight is 324 g/mol. The number of rotatable bonds is 6. The summed E-state index contributed by atoms with van der Waals surface area (Å²) < 4.78 is 0. The fraction of sp³-hybridized carbons (Fsp3) is 0.381. The summed E-state index contributed by atoms with van der Waals surface area (Å²) >= 11 is 0. The maximum Gasteiger partial charge on any atom is 0.225 e. The molecule has 1 unspecified atom stereocenters. The Hall–Kier alpha value is -2.13. The van der Waals surface area contributed by atoms with E-state index in [9.17, 15) is 4.79 Å². The van der Waals surface area contributed by atoms with Crippen LogP contribution in [0.5, 0.6) is 0 Å². The van der Waals surface area contributed by atoms with Crippen molar-refractivity contribution in [3.05, 3.63) is 65.7 Å². The van der Waals surface area contributed by atoms with Crippen molar-refractivity contribution in [1.82, 2.24) is 5.32 Å². The third-order valence-corrected chi connectivity index (χ3v) is 4.14. The van der Waals surface area contributed by atoms with Crippen LogP contribution in [-0.4, -0.2) is 12.5 Å². The van der Waals surface area contributed by atoms with E-state index >= 15 is 0 Å². The van der Waals surface area contributed by atoms with Gasteiger partial charge in [-0.25, -0.2) is 0 Å². The summed E-state index contributed by atoms with van der Waals surface area (Å²) in [5.41, 5.74) is 3.47. The van der Waals surface area contributed by atoms with Crippen LogP contribution in [0.3, 0.4) is 0 Å². The molecule has 0 radical (unpaired) electrons. The molecule has 0 aliphatic heterocycles. The molecule has 1 atom stereocenters. The van der Waals surface area contributed by atoms with E-state index < -0.39 is 0 Å². The SMILES string of the molecule is CC(NCCC(=O)Nc1ccc(C(C)(C)C)cc1)c1ccccc1. The van der Waals surface area contributed by atoms with Crippen molar-refractivity contribution in [2.24, 2.45) is 0 Å². The lowest BCUT2D eigenvalue weighted by atomic mass is 9.87. The minimum atomic E-state index is 0.0336. The third kappa shape index (κ3) is 5.50. The van der Waals surface area contributed by atoms with Gasteiger partial charge >= 0.3 is 0 Å². The van der Waals surface area contributed by atoms with Gasteiger partial charge in [0.05, 0.1) is 0 Å². The van der Waals surface area contributed by atoms with Gasteiger partial charge in [-0.2, -0.15) is 0 Å². The molecule has 3 nitrogen and oxygen atoms in total. The van der Waals surface area contributed by atoms with Crippen molar-refractivity contribution >= 4 is 11.6 Å². The van der Waals surface area contributed by atoms with E-state index in [2.05, 4.69) is 62.6 Å². The number of amides is 1. The Balaban J connectivity index is 1.77. The Labute approximate surface area is 145 Å². The molecule has 0 heterocycles. The first-order valence-corrected chi connectivity index (χ1v) is 8.55. The van der Waals surface area contributed by atoms with Crippen LogP contribution < -0.4 is 10.6 Å². The van der Waals surface area contributed by atoms with Crippen molar-refractivity contribution in [2.45, 2.75) is 45.6 Å². The molecule has 3 heteroatoms. The topological polar surface area (TPSA) is 41.1 Å². The Morgan fingerprint density at radius 1 is 1.00 bits per heavy atom. The molecule has 0 saturated carbocycles. The molecular formula is C21H28N2O. The quantitative estimate of drug-likeness (QED) is 0.811. The van der Waals surface area contributed by atoms with E-state index in [0.717, 1.165) is 5.69 Å². The second kappa shape index (κ2) is 8.11. The highest BCUT2D eigenvalue weighted by Gasteiger charge is 2.13. The fourth-order valence-electron chi connectivity index (χ4n) is 2.54. The molecule has 0 aliphatic carbocycles. The Kier molecular flexibility index (Phi) is 6.16. The smallest absolute Gasteiger partial charge is 0.225 e. The van der Waals surface area contributed by atoms with Crippen LogP contribution in [0.2, 0.25) is 0 Å². The molecule has 0 aromatic heterocycles. The highest BCUT2D eigenvalue weighted by Crippen LogP contribution is 2.23. The molecule has 2 rings (SSSR count). The molecule has 0 bridgehead atoms. The lowest BCUT2D eigenvalue weighted by Crippen LogP contribution is -2.24. The van der Waals surface area contributed by atoms with Crippen molar-refractivity contribution < 1.29 is 4.79 Å². The third-order valence-electron chi connectivity index (χ3n) is 4.14. The molecule has 0 spiro atoms. The molecular weight excluding hydrogens is 296 g/mol. The van der Waals surface area contributed by atoms with E-state index in [-0.39, 0.29) is 17.4 Å². The molecule has 0 fully saturated rings. The van der Waals surface area contributed by atoms with Crippen LogP contribution in [0.25, 0.3) is 0 Å². The van der Waals surface area contributed by atoms with Gasteiger partial charge in [0, 0.05) is 24.7 Å². The van der Waals surface area contributed by atoms with Crippen LogP contribution in [0, 0.1) is 0 Å². The van der Waals surface area contributed by atoms with Crippen LogP contribution in [0.1, 0.15) is 51.3 Å². The van der Waals surface area contributed by atoms with Gasteiger partial charge in [0.1, 0.15) is 0 Å². The van der Waals surface area contributed by atoms with E-state index in [1.54, 1.807) is 0 Å². The zero-order valence-corrected chi connectivity index (χ0v) is 15.1. The predicted molar refractivity (Wildman–Crippen MR) is 101 cm³/mol. The Bertz CT molecular complexity index is 642. The lowest BCUT2D eigenvalue weighted by Gasteiger charge is -2.19. The zero-order chi connectivity index (χ0) is 17.6. The van der Waals surface area contributed by atoms with Crippen molar-refractivity contribution in [1.29, 1.82) is 0 Å². The van der Waals surface area contributed by atoms with E-state index in [1.165, 1.54) is 11.1 Å². The van der Waals surface area contributed by atoms with Crippen molar-refractivity contribution in [2.75, 3.05) is 11.9 Å². The van der Waals surface area contributed by atoms with E-state index in [0.29, 0.717) is 13.0 Å². The highest BCUT2D eigenvalue weighted by molar-refractivity contribution is 5.90. The first kappa shape index (κ1) is 18.2. The van der Waals surface area contributed by atoms with Crippen molar-refractivity contribution in [3.8, 4) is 0 Å². The van der Waals surface area contributed by atoms with Gasteiger partial charge in [-0.1, -0.05) is 63.2 Å². The summed E-state index contributed by atoms with van der Waals surface area (Å²) in [6, 6.07) is 18.6. The largest absolute Gasteiger partial charge is 0.326 e. The predicted octanol–water partition coefficient (Wildman–Crippen LogP) is 4.66. The van der Waals surface area contributed by atoms with E-state index in [4.69, 9.17) is 0 Å². The first-order chi connectivity index (χ1) is 11.4. The second-order valence-electron chi connectivity index (χ2n) is 7.21. The van der Waals surface area contributed by atoms with Gasteiger partial charge in [-0.3, -0.25) is 4.79 Å². The number of benzene rings is 2. The van der Waals surface area contributed by atoms with Gasteiger partial charge in [0.2, 0.25) is 5.91 Å². The lowest BCUT2D eigenvalue weighted by molar-refractivity contribution is -0.116. The molecule has 2 N–H and O–H groups in total. The molecule has 1 amide bonds. The monoisotopic (exact) mass is 324 g/mol. The maximum atomic E-state index is 12.1. The maximum absolute atomic E-state index is 12.1. The minimum Gasteiger partial charge on any atom is -0.326 e. The fourth-order valence-corrected chi connectivity index (χ4v) is 2.54. The number of hydrogen-bond acceptors (Lipinski definition) is 2. The molecule has 24 heavy (non-hydrogen) atoms. The van der Waals surface area contributed by atoms with Crippen molar-refractivity contribution in [3.63, 3.8) is 0 Å². The molecule has 0 saturated heterocycles. The highest BCUT2D eigenvalue weighted by atomic mass is 16.1. The Morgan fingerprint density at radius 2 is 1.62 bits per heavy atom. The van der Waals surface area contributed by atoms with Crippen LogP contribution >= 0.6 is 0 Å². The summed E-state index contributed by atoms with van der Waals surface area (Å²) in [5.74, 6) is 0.0336. The normalized spacial score (nSPS) is 12.7. The van der Waals surface area contributed by atoms with Crippen LogP contribution in [0.4, 0.5) is 5.69 Å². The zero-order valence-electron chi connectivity index (χ0n) is 15.1. The number of nitrogens with one attached hydrogen (secondary N) is 2. The Morgan fingerprint density at radius 3 is 2.21 bits per heavy atom. The number of hydrogen-bond donors (Lipinski definition) is 2. The van der Waals surface area contributed by atoms with Gasteiger partial charge in [0.25, 0.3) is 0 Å². The molecule has 2 aromatic rings. The van der Waals surface area contributed by atoms with E-state index in [1.807, 2.05) is 30.3 Å². The number of anilines is 1. The number of carbonyl (C=O) groups excluding carboxylic acids is 1. The van der Waals surface area contributed by atoms with Gasteiger partial charge < -0.3 is 10.6 Å². The summed E-state index contributed by atoms with van der Waals surface area (Å²) in [7, 11) is 0. The summed E-state index contributed by atoms with van der Waals surface area (Å²) in [6.45, 7) is 9.31. The van der Waals surface area contributed by atoms with Gasteiger partial charge in [-0.05, 0) is 35.6 Å². The van der Waals surface area contributed by atoms with Gasteiger partial charge in [0.15, 0.2) is 0 Å². The van der Waals surface area contributed by atoms with Gasteiger partial charge in [-0.15, -0.1) is 0 Å². The molecule has 2 aromatic carbocycles. The second-order valence-corrected chi connectivity index (χ2v) is 7.21. The minimum absolute atomic E-state index is 0.0336. The van der Waals surface area contributed by atoms with Crippen LogP contribution in [0.15, 0.2) is 54.6 Å². The number of carbonyl (C=O) groups is 1. The standard InChI is InChI=1S/C21H28N2O/c1-16(17-8-6-5-7-9-17)22-15-14-20(24)23-19-12-10-18(11-13-19)21(2,3)4/h5-13,16,22H,14-15H2,1-4H3,(H,23,24). The molecule has 128 valence electrons. The van der Waals surface area contributed by atoms with Crippen LogP contribution in [-0.2, 0) is 10.2 Å². The average Bonchev–Trinajstić information content (AvgIpc) is 2.55. The summed E-state index contributed by atoms with van der Waals surface area (Å²) in [6.07, 6.45) is 0.457. The summed E-state index contributed by atoms with van der Waals surface area (Å²) in [4.78, 5) is 12.1. The summed E-state index contributed by atoms with van der Waals surface area (Å²) in [5, 5.41) is 6.34.